The average molecular weight is 820 g/mol. The van der Waals surface area contributed by atoms with Crippen molar-refractivity contribution in [1.29, 1.82) is 0 Å². The molecular formula is C61H41NS. The van der Waals surface area contributed by atoms with E-state index < -0.39 is 5.41 Å². The number of hydrogen-bond acceptors (Lipinski definition) is 2. The Kier molecular flexibility index (Phi) is 8.98. The number of fused-ring (bicyclic) bond motifs is 7. The molecule has 0 unspecified atom stereocenters. The van der Waals surface area contributed by atoms with Crippen molar-refractivity contribution >= 4 is 48.6 Å². The number of rotatable bonds is 8. The Balaban J connectivity index is 1.03. The highest BCUT2D eigenvalue weighted by Crippen LogP contribution is 2.59. The highest BCUT2D eigenvalue weighted by molar-refractivity contribution is 7.27. The van der Waals surface area contributed by atoms with Crippen LogP contribution in [0.5, 0.6) is 0 Å². The van der Waals surface area contributed by atoms with E-state index in [4.69, 9.17) is 0 Å². The minimum Gasteiger partial charge on any atom is -0.309 e. The summed E-state index contributed by atoms with van der Waals surface area (Å²) in [6.45, 7) is 0. The number of thiophene rings is 1. The zero-order chi connectivity index (χ0) is 41.7. The van der Waals surface area contributed by atoms with Crippen LogP contribution in [-0.2, 0) is 5.41 Å². The molecule has 0 atom stereocenters. The molecule has 2 heteroatoms. The highest BCUT2D eigenvalue weighted by Gasteiger charge is 2.46. The fraction of sp³-hybridized carbons (Fsp3) is 0.0164. The van der Waals surface area contributed by atoms with E-state index in [-0.39, 0.29) is 0 Å². The summed E-state index contributed by atoms with van der Waals surface area (Å²) in [5.41, 5.74) is 18.1. The van der Waals surface area contributed by atoms with Crippen LogP contribution in [0.3, 0.4) is 0 Å². The molecule has 0 bridgehead atoms. The molecule has 10 aromatic carbocycles. The van der Waals surface area contributed by atoms with E-state index in [9.17, 15) is 0 Å². The van der Waals surface area contributed by atoms with E-state index in [0.717, 1.165) is 11.4 Å². The molecule has 0 aliphatic heterocycles. The largest absolute Gasteiger partial charge is 0.309 e. The SMILES string of the molecule is c1ccc(-c2ccc(-c3ccc(N(c4ccc(-c5ccccc5)cc4)c4cccc5c4sc4c6c(ccc45)C(c4ccccc4)(c4ccccc4)c4ccccc4-6)cc3)cc2)cc1. The van der Waals surface area contributed by atoms with Gasteiger partial charge in [-0.3, -0.25) is 0 Å². The van der Waals surface area contributed by atoms with Crippen LogP contribution < -0.4 is 4.90 Å². The van der Waals surface area contributed by atoms with Gasteiger partial charge in [0.2, 0.25) is 0 Å². The van der Waals surface area contributed by atoms with E-state index in [1.807, 2.05) is 11.3 Å². The maximum Gasteiger partial charge on any atom is 0.0714 e. The number of benzene rings is 10. The molecule has 11 aromatic rings. The maximum absolute atomic E-state index is 2.45. The molecule has 0 amide bonds. The van der Waals surface area contributed by atoms with E-state index >= 15 is 0 Å². The Morgan fingerprint density at radius 1 is 0.302 bits per heavy atom. The number of anilines is 3. The Labute approximate surface area is 372 Å². The lowest BCUT2D eigenvalue weighted by molar-refractivity contribution is 0.769. The van der Waals surface area contributed by atoms with Crippen LogP contribution in [0.4, 0.5) is 17.1 Å². The molecule has 0 saturated carbocycles. The summed E-state index contributed by atoms with van der Waals surface area (Å²) < 4.78 is 2.59. The van der Waals surface area contributed by atoms with Crippen molar-refractivity contribution in [2.45, 2.75) is 5.41 Å². The first-order chi connectivity index (χ1) is 31.3. The second-order valence-corrected chi connectivity index (χ2v) is 17.4. The van der Waals surface area contributed by atoms with Crippen LogP contribution >= 0.6 is 11.3 Å². The minimum atomic E-state index is -0.447. The van der Waals surface area contributed by atoms with Crippen LogP contribution in [-0.4, -0.2) is 0 Å². The van der Waals surface area contributed by atoms with Crippen molar-refractivity contribution in [2.75, 3.05) is 4.90 Å². The number of hydrogen-bond donors (Lipinski definition) is 0. The van der Waals surface area contributed by atoms with Crippen molar-refractivity contribution in [3.05, 3.63) is 271 Å². The quantitative estimate of drug-likeness (QED) is 0.148. The predicted octanol–water partition coefficient (Wildman–Crippen LogP) is 16.9. The van der Waals surface area contributed by atoms with Gasteiger partial charge in [-0.25, -0.2) is 0 Å². The van der Waals surface area contributed by atoms with Gasteiger partial charge in [0.25, 0.3) is 0 Å². The second kappa shape index (κ2) is 15.3. The first-order valence-corrected chi connectivity index (χ1v) is 22.5. The van der Waals surface area contributed by atoms with Gasteiger partial charge in [-0.2, -0.15) is 0 Å². The van der Waals surface area contributed by atoms with Gasteiger partial charge < -0.3 is 4.90 Å². The van der Waals surface area contributed by atoms with Gasteiger partial charge in [-0.05, 0) is 91.5 Å². The summed E-state index contributed by atoms with van der Waals surface area (Å²) in [6, 6.07) is 91.2. The van der Waals surface area contributed by atoms with Crippen molar-refractivity contribution in [2.24, 2.45) is 0 Å². The van der Waals surface area contributed by atoms with E-state index in [1.54, 1.807) is 0 Å². The molecule has 1 aromatic heterocycles. The second-order valence-electron chi connectivity index (χ2n) is 16.4. The summed E-state index contributed by atoms with van der Waals surface area (Å²) in [5, 5.41) is 2.56. The summed E-state index contributed by atoms with van der Waals surface area (Å²) >= 11 is 1.92. The highest BCUT2D eigenvalue weighted by atomic mass is 32.1. The molecule has 0 spiro atoms. The third-order valence-electron chi connectivity index (χ3n) is 13.0. The van der Waals surface area contributed by atoms with Gasteiger partial charge in [-0.1, -0.05) is 218 Å². The Hall–Kier alpha value is -7.78. The summed E-state index contributed by atoms with van der Waals surface area (Å²) in [5.74, 6) is 0. The third kappa shape index (κ3) is 6.06. The zero-order valence-electron chi connectivity index (χ0n) is 34.5. The molecule has 1 nitrogen and oxygen atoms in total. The summed E-state index contributed by atoms with van der Waals surface area (Å²) in [6.07, 6.45) is 0. The normalized spacial score (nSPS) is 12.6. The average Bonchev–Trinajstić information content (AvgIpc) is 3.90. The number of nitrogens with zero attached hydrogens (tertiary/aromatic N) is 1. The molecule has 0 saturated heterocycles. The lowest BCUT2D eigenvalue weighted by Crippen LogP contribution is -2.28. The topological polar surface area (TPSA) is 3.24 Å². The maximum atomic E-state index is 2.45. The molecule has 296 valence electrons. The van der Waals surface area contributed by atoms with Gasteiger partial charge in [-0.15, -0.1) is 11.3 Å². The van der Waals surface area contributed by atoms with Gasteiger partial charge in [0, 0.05) is 32.4 Å². The van der Waals surface area contributed by atoms with Crippen molar-refractivity contribution in [1.82, 2.24) is 0 Å². The van der Waals surface area contributed by atoms with Crippen LogP contribution in [0, 0.1) is 0 Å². The molecular weight excluding hydrogens is 779 g/mol. The molecule has 1 heterocycles. The first-order valence-electron chi connectivity index (χ1n) is 21.7. The van der Waals surface area contributed by atoms with E-state index in [0.29, 0.717) is 0 Å². The Morgan fingerprint density at radius 3 is 1.25 bits per heavy atom. The van der Waals surface area contributed by atoms with Crippen LogP contribution in [0.25, 0.3) is 64.7 Å². The Morgan fingerprint density at radius 2 is 0.730 bits per heavy atom. The van der Waals surface area contributed by atoms with Gasteiger partial charge in [0.05, 0.1) is 15.8 Å². The lowest BCUT2D eigenvalue weighted by atomic mass is 9.68. The molecule has 1 aliphatic rings. The molecule has 0 fully saturated rings. The predicted molar refractivity (Wildman–Crippen MR) is 268 cm³/mol. The third-order valence-corrected chi connectivity index (χ3v) is 14.2. The zero-order valence-corrected chi connectivity index (χ0v) is 35.3. The van der Waals surface area contributed by atoms with Crippen LogP contribution in [0.2, 0.25) is 0 Å². The van der Waals surface area contributed by atoms with Crippen molar-refractivity contribution in [3.8, 4) is 44.5 Å². The standard InChI is InChI=1S/C61H41NS/c1-5-16-42(17-6-1)44-28-30-45(31-29-44)47-34-38-51(39-35-47)62(50-36-32-46(33-37-50)43-18-7-2-8-19-43)57-27-15-25-52-53-40-41-56-58(60(53)63-59(52)57)54-24-13-14-26-55(54)61(56,48-20-9-3-10-21-48)49-22-11-4-12-23-49/h1-41H. The fourth-order valence-electron chi connectivity index (χ4n) is 10.1. The van der Waals surface area contributed by atoms with Crippen LogP contribution in [0.15, 0.2) is 249 Å². The van der Waals surface area contributed by atoms with Crippen LogP contribution in [0.1, 0.15) is 22.3 Å². The van der Waals surface area contributed by atoms with E-state index in [2.05, 4.69) is 254 Å². The van der Waals surface area contributed by atoms with Crippen molar-refractivity contribution in [3.63, 3.8) is 0 Å². The Bertz CT molecular complexity index is 3350. The lowest BCUT2D eigenvalue weighted by Gasteiger charge is -2.33. The molecule has 12 rings (SSSR count). The molecule has 63 heavy (non-hydrogen) atoms. The van der Waals surface area contributed by atoms with E-state index in [1.165, 1.54) is 92.6 Å². The monoisotopic (exact) mass is 819 g/mol. The summed E-state index contributed by atoms with van der Waals surface area (Å²) in [4.78, 5) is 2.45. The molecule has 0 radical (unpaired) electrons. The van der Waals surface area contributed by atoms with Crippen molar-refractivity contribution < 1.29 is 0 Å². The van der Waals surface area contributed by atoms with Gasteiger partial charge in [0.15, 0.2) is 0 Å². The smallest absolute Gasteiger partial charge is 0.0714 e. The molecule has 1 aliphatic carbocycles. The van der Waals surface area contributed by atoms with Gasteiger partial charge in [0.1, 0.15) is 0 Å². The molecule has 0 N–H and O–H groups in total. The minimum absolute atomic E-state index is 0.447. The van der Waals surface area contributed by atoms with Gasteiger partial charge >= 0.3 is 0 Å². The summed E-state index contributed by atoms with van der Waals surface area (Å²) in [7, 11) is 0. The fourth-order valence-corrected chi connectivity index (χ4v) is 11.5. The first kappa shape index (κ1) is 37.0.